The van der Waals surface area contributed by atoms with E-state index in [9.17, 15) is 4.79 Å². The molecule has 17 heavy (non-hydrogen) atoms. The lowest BCUT2D eigenvalue weighted by Gasteiger charge is -2.12. The van der Waals surface area contributed by atoms with Crippen LogP contribution in [0.25, 0.3) is 0 Å². The molecule has 2 N–H and O–H groups in total. The van der Waals surface area contributed by atoms with Gasteiger partial charge in [0.15, 0.2) is 11.5 Å². The van der Waals surface area contributed by atoms with Crippen molar-refractivity contribution in [3.8, 4) is 11.5 Å². The van der Waals surface area contributed by atoms with Crippen LogP contribution in [0.2, 0.25) is 0 Å². The van der Waals surface area contributed by atoms with E-state index >= 15 is 0 Å². The highest BCUT2D eigenvalue weighted by atomic mass is 79.9. The van der Waals surface area contributed by atoms with E-state index in [2.05, 4.69) is 20.7 Å². The Kier molecular flexibility index (Phi) is 3.54. The molecule has 1 heterocycles. The molecule has 1 unspecified atom stereocenters. The molecule has 92 valence electrons. The van der Waals surface area contributed by atoms with Crippen molar-refractivity contribution in [3.63, 3.8) is 0 Å². The fourth-order valence-corrected chi connectivity index (χ4v) is 2.12. The number of carbonyl (C=O) groups is 1. The molecule has 1 aliphatic rings. The molecule has 0 bridgehead atoms. The van der Waals surface area contributed by atoms with Gasteiger partial charge < -0.3 is 19.9 Å². The number of methoxy groups -OCH3 is 1. The second-order valence-electron chi connectivity index (χ2n) is 3.59. The number of rotatable bonds is 3. The predicted molar refractivity (Wildman–Crippen MR) is 64.0 cm³/mol. The van der Waals surface area contributed by atoms with E-state index in [-0.39, 0.29) is 6.79 Å². The highest BCUT2D eigenvalue weighted by Crippen LogP contribution is 2.40. The number of nitrogens with two attached hydrogens (primary N) is 1. The third-order valence-electron chi connectivity index (χ3n) is 2.51. The summed E-state index contributed by atoms with van der Waals surface area (Å²) in [5, 5.41) is 0. The van der Waals surface area contributed by atoms with Gasteiger partial charge in [0.1, 0.15) is 6.04 Å². The Hall–Kier alpha value is -1.27. The Morgan fingerprint density at radius 3 is 3.06 bits per heavy atom. The maximum absolute atomic E-state index is 11.3. The number of hydrogen-bond donors (Lipinski definition) is 1. The van der Waals surface area contributed by atoms with Crippen LogP contribution in [0.3, 0.4) is 0 Å². The largest absolute Gasteiger partial charge is 0.468 e. The normalized spacial score (nSPS) is 14.5. The lowest BCUT2D eigenvalue weighted by atomic mass is 10.1. The summed E-state index contributed by atoms with van der Waals surface area (Å²) in [6.45, 7) is 0.187. The van der Waals surface area contributed by atoms with Gasteiger partial charge in [0, 0.05) is 16.5 Å². The van der Waals surface area contributed by atoms with Crippen molar-refractivity contribution in [3.05, 3.63) is 22.2 Å². The van der Waals surface area contributed by atoms with Crippen molar-refractivity contribution in [1.29, 1.82) is 0 Å². The summed E-state index contributed by atoms with van der Waals surface area (Å²) in [5.74, 6) is 0.854. The van der Waals surface area contributed by atoms with E-state index in [4.69, 9.17) is 15.2 Å². The van der Waals surface area contributed by atoms with Gasteiger partial charge >= 0.3 is 5.97 Å². The standard InChI is InChI=1S/C11H12BrNO4/c1-15-11(14)8(13)4-6-7(12)2-3-9-10(6)17-5-16-9/h2-3,8H,4-5,13H2,1H3. The zero-order valence-electron chi connectivity index (χ0n) is 9.23. The first-order chi connectivity index (χ1) is 8.13. The smallest absolute Gasteiger partial charge is 0.322 e. The van der Waals surface area contributed by atoms with Crippen LogP contribution in [0.1, 0.15) is 5.56 Å². The van der Waals surface area contributed by atoms with E-state index in [0.717, 1.165) is 10.0 Å². The minimum absolute atomic E-state index is 0.187. The molecule has 1 aromatic rings. The number of hydrogen-bond acceptors (Lipinski definition) is 5. The second-order valence-corrected chi connectivity index (χ2v) is 4.45. The van der Waals surface area contributed by atoms with Crippen molar-refractivity contribution in [2.75, 3.05) is 13.9 Å². The third-order valence-corrected chi connectivity index (χ3v) is 3.26. The Bertz CT molecular complexity index is 449. The quantitative estimate of drug-likeness (QED) is 0.850. The summed E-state index contributed by atoms with van der Waals surface area (Å²) in [7, 11) is 1.31. The number of halogens is 1. The summed E-state index contributed by atoms with van der Waals surface area (Å²) < 4.78 is 16.1. The minimum atomic E-state index is -0.716. The zero-order chi connectivity index (χ0) is 12.4. The number of fused-ring (bicyclic) bond motifs is 1. The van der Waals surface area contributed by atoms with Crippen molar-refractivity contribution < 1.29 is 19.0 Å². The molecule has 5 nitrogen and oxygen atoms in total. The maximum atomic E-state index is 11.3. The molecule has 0 saturated carbocycles. The van der Waals surface area contributed by atoms with Gasteiger partial charge in [-0.25, -0.2) is 0 Å². The molecule has 1 atom stereocenters. The van der Waals surface area contributed by atoms with Gasteiger partial charge in [-0.2, -0.15) is 0 Å². The van der Waals surface area contributed by atoms with Crippen LogP contribution in [-0.2, 0) is 16.0 Å². The zero-order valence-corrected chi connectivity index (χ0v) is 10.8. The van der Waals surface area contributed by atoms with Crippen LogP contribution < -0.4 is 15.2 Å². The van der Waals surface area contributed by atoms with Crippen LogP contribution in [0, 0.1) is 0 Å². The average molecular weight is 302 g/mol. The summed E-state index contributed by atoms with van der Waals surface area (Å²) in [6, 6.07) is 2.93. The molecule has 1 aliphatic heterocycles. The summed E-state index contributed by atoms with van der Waals surface area (Å²) in [4.78, 5) is 11.3. The van der Waals surface area contributed by atoms with Gasteiger partial charge in [-0.15, -0.1) is 0 Å². The molecular formula is C11H12BrNO4. The molecule has 1 aromatic carbocycles. The SMILES string of the molecule is COC(=O)C(N)Cc1c(Br)ccc2c1OCO2. The molecule has 0 aromatic heterocycles. The molecule has 0 aliphatic carbocycles. The van der Waals surface area contributed by atoms with E-state index < -0.39 is 12.0 Å². The first-order valence-corrected chi connectivity index (χ1v) is 5.83. The van der Waals surface area contributed by atoms with Gasteiger partial charge in [0.25, 0.3) is 0 Å². The van der Waals surface area contributed by atoms with Crippen molar-refractivity contribution in [2.24, 2.45) is 5.73 Å². The Balaban J connectivity index is 2.27. The van der Waals surface area contributed by atoms with E-state index in [1.807, 2.05) is 6.07 Å². The average Bonchev–Trinajstić information content (AvgIpc) is 2.80. The molecule has 2 rings (SSSR count). The van der Waals surface area contributed by atoms with Gasteiger partial charge in [0.05, 0.1) is 7.11 Å². The van der Waals surface area contributed by atoms with E-state index in [1.54, 1.807) is 6.07 Å². The number of ether oxygens (including phenoxy) is 3. The second kappa shape index (κ2) is 4.93. The number of benzene rings is 1. The van der Waals surface area contributed by atoms with Crippen LogP contribution >= 0.6 is 15.9 Å². The Labute approximate surface area is 107 Å². The lowest BCUT2D eigenvalue weighted by molar-refractivity contribution is -0.142. The number of esters is 1. The van der Waals surface area contributed by atoms with Crippen molar-refractivity contribution >= 4 is 21.9 Å². The highest BCUT2D eigenvalue weighted by Gasteiger charge is 2.24. The molecule has 0 fully saturated rings. The van der Waals surface area contributed by atoms with Crippen LogP contribution in [0.4, 0.5) is 0 Å². The Morgan fingerprint density at radius 2 is 2.35 bits per heavy atom. The number of carbonyl (C=O) groups excluding carboxylic acids is 1. The first kappa shape index (κ1) is 12.2. The summed E-state index contributed by atoms with van der Waals surface area (Å²) in [5.41, 5.74) is 6.55. The molecule has 0 radical (unpaired) electrons. The maximum Gasteiger partial charge on any atom is 0.322 e. The summed E-state index contributed by atoms with van der Waals surface area (Å²) in [6.07, 6.45) is 0.333. The van der Waals surface area contributed by atoms with E-state index in [1.165, 1.54) is 7.11 Å². The lowest BCUT2D eigenvalue weighted by Crippen LogP contribution is -2.33. The molecule has 0 amide bonds. The van der Waals surface area contributed by atoms with E-state index in [0.29, 0.717) is 17.9 Å². The van der Waals surface area contributed by atoms with Gasteiger partial charge in [0.2, 0.25) is 6.79 Å². The van der Waals surface area contributed by atoms with Gasteiger partial charge in [-0.3, -0.25) is 4.79 Å². The van der Waals surface area contributed by atoms with Gasteiger partial charge in [-0.05, 0) is 12.1 Å². The van der Waals surface area contributed by atoms with Crippen LogP contribution in [-0.4, -0.2) is 25.9 Å². The highest BCUT2D eigenvalue weighted by molar-refractivity contribution is 9.10. The fraction of sp³-hybridized carbons (Fsp3) is 0.364. The van der Waals surface area contributed by atoms with Crippen molar-refractivity contribution in [2.45, 2.75) is 12.5 Å². The molecular weight excluding hydrogens is 290 g/mol. The monoisotopic (exact) mass is 301 g/mol. The molecule has 0 spiro atoms. The Morgan fingerprint density at radius 1 is 1.59 bits per heavy atom. The van der Waals surface area contributed by atoms with Gasteiger partial charge in [-0.1, -0.05) is 15.9 Å². The summed E-state index contributed by atoms with van der Waals surface area (Å²) >= 11 is 3.41. The van der Waals surface area contributed by atoms with Crippen molar-refractivity contribution in [1.82, 2.24) is 0 Å². The topological polar surface area (TPSA) is 70.8 Å². The van der Waals surface area contributed by atoms with Crippen LogP contribution in [0.15, 0.2) is 16.6 Å². The van der Waals surface area contributed by atoms with Crippen LogP contribution in [0.5, 0.6) is 11.5 Å². The minimum Gasteiger partial charge on any atom is -0.468 e. The first-order valence-electron chi connectivity index (χ1n) is 5.04. The fourth-order valence-electron chi connectivity index (χ4n) is 1.65. The molecule has 6 heteroatoms. The predicted octanol–water partition coefficient (Wildman–Crippen LogP) is 1.22. The third kappa shape index (κ3) is 2.37. The molecule has 0 saturated heterocycles.